The molecule has 0 amide bonds. The van der Waals surface area contributed by atoms with Crippen LogP contribution in [0.2, 0.25) is 0 Å². The van der Waals surface area contributed by atoms with E-state index in [9.17, 15) is 0 Å². The minimum absolute atomic E-state index is 0.144. The summed E-state index contributed by atoms with van der Waals surface area (Å²) in [6.07, 6.45) is 0. The number of aromatic hydroxyl groups is 2. The number of phenols is 2. The van der Waals surface area contributed by atoms with Gasteiger partial charge in [-0.15, -0.1) is 0 Å². The number of rotatable bonds is 0. The first kappa shape index (κ1) is 7.53. The van der Waals surface area contributed by atoms with E-state index in [1.165, 1.54) is 0 Å². The number of nitrogen functional groups attached to an aromatic ring is 2. The highest BCUT2D eigenvalue weighted by Gasteiger charge is 2.08. The van der Waals surface area contributed by atoms with Crippen LogP contribution in [-0.2, 0) is 0 Å². The van der Waals surface area contributed by atoms with Crippen LogP contribution in [0.15, 0.2) is 6.07 Å². The van der Waals surface area contributed by atoms with Crippen LogP contribution in [0.3, 0.4) is 0 Å². The van der Waals surface area contributed by atoms with Crippen LogP contribution in [-0.4, -0.2) is 10.2 Å². The van der Waals surface area contributed by atoms with Crippen molar-refractivity contribution in [2.75, 3.05) is 11.5 Å². The highest BCUT2D eigenvalue weighted by Crippen LogP contribution is 2.35. The average molecular weight is 154 g/mol. The maximum atomic E-state index is 9.06. The first-order valence-electron chi connectivity index (χ1n) is 3.10. The van der Waals surface area contributed by atoms with Crippen molar-refractivity contribution in [3.05, 3.63) is 11.6 Å². The Bertz CT molecular complexity index is 271. The maximum absolute atomic E-state index is 9.06. The maximum Gasteiger partial charge on any atom is 0.142 e. The lowest BCUT2D eigenvalue weighted by Gasteiger charge is -2.07. The molecule has 0 spiro atoms. The average Bonchev–Trinajstić information content (AvgIpc) is 1.97. The number of nitrogens with two attached hydrogens (primary N) is 2. The molecule has 0 heterocycles. The lowest BCUT2D eigenvalue weighted by molar-refractivity contribution is 0.453. The highest BCUT2D eigenvalue weighted by atomic mass is 16.3. The van der Waals surface area contributed by atoms with E-state index in [2.05, 4.69) is 0 Å². The van der Waals surface area contributed by atoms with Crippen molar-refractivity contribution in [2.24, 2.45) is 0 Å². The Balaban J connectivity index is 3.46. The van der Waals surface area contributed by atoms with Gasteiger partial charge >= 0.3 is 0 Å². The zero-order valence-corrected chi connectivity index (χ0v) is 6.13. The van der Waals surface area contributed by atoms with Crippen LogP contribution in [0.5, 0.6) is 11.5 Å². The molecule has 1 aromatic carbocycles. The fourth-order valence-corrected chi connectivity index (χ4v) is 0.814. The summed E-state index contributed by atoms with van der Waals surface area (Å²) >= 11 is 0. The molecule has 4 heteroatoms. The van der Waals surface area contributed by atoms with Crippen LogP contribution in [0, 0.1) is 6.92 Å². The van der Waals surface area contributed by atoms with Gasteiger partial charge in [0.25, 0.3) is 0 Å². The molecule has 0 saturated carbocycles. The fourth-order valence-electron chi connectivity index (χ4n) is 0.814. The summed E-state index contributed by atoms with van der Waals surface area (Å²) < 4.78 is 0. The normalized spacial score (nSPS) is 9.91. The van der Waals surface area contributed by atoms with E-state index < -0.39 is 0 Å². The molecule has 0 aliphatic rings. The standard InChI is InChI=1S/C7H10N2O2/c1-3-6(8)4(10)2-5(11)7(3)9/h2,10-11H,8-9H2,1H3. The highest BCUT2D eigenvalue weighted by molar-refractivity contribution is 5.72. The van der Waals surface area contributed by atoms with Crippen LogP contribution in [0.4, 0.5) is 11.4 Å². The Hall–Kier alpha value is -1.58. The molecule has 0 radical (unpaired) electrons. The Morgan fingerprint density at radius 3 is 1.82 bits per heavy atom. The van der Waals surface area contributed by atoms with Crippen LogP contribution in [0.25, 0.3) is 0 Å². The molecule has 0 atom stereocenters. The van der Waals surface area contributed by atoms with Crippen LogP contribution < -0.4 is 11.5 Å². The van der Waals surface area contributed by atoms with Gasteiger partial charge in [0.05, 0.1) is 11.4 Å². The molecule has 60 valence electrons. The third-order valence-corrected chi connectivity index (χ3v) is 1.63. The largest absolute Gasteiger partial charge is 0.506 e. The van der Waals surface area contributed by atoms with E-state index in [1.807, 2.05) is 0 Å². The van der Waals surface area contributed by atoms with Crippen LogP contribution in [0.1, 0.15) is 5.56 Å². The molecular formula is C7H10N2O2. The summed E-state index contributed by atoms with van der Waals surface area (Å²) in [6, 6.07) is 1.12. The molecule has 11 heavy (non-hydrogen) atoms. The van der Waals surface area contributed by atoms with Crippen molar-refractivity contribution in [3.63, 3.8) is 0 Å². The van der Waals surface area contributed by atoms with E-state index >= 15 is 0 Å². The van der Waals surface area contributed by atoms with Gasteiger partial charge in [-0.05, 0) is 6.92 Å². The quantitative estimate of drug-likeness (QED) is 0.250. The summed E-state index contributed by atoms with van der Waals surface area (Å²) in [5, 5.41) is 18.1. The molecule has 6 N–H and O–H groups in total. The second kappa shape index (κ2) is 2.23. The number of anilines is 2. The van der Waals surface area contributed by atoms with Gasteiger partial charge in [0, 0.05) is 11.6 Å². The molecule has 0 aromatic heterocycles. The number of benzene rings is 1. The Kier molecular flexibility index (Phi) is 1.53. The number of hydrogen-bond donors (Lipinski definition) is 4. The molecule has 0 bridgehead atoms. The molecule has 1 aromatic rings. The second-order valence-electron chi connectivity index (χ2n) is 2.37. The molecule has 1 rings (SSSR count). The summed E-state index contributed by atoms with van der Waals surface area (Å²) in [6.45, 7) is 1.63. The van der Waals surface area contributed by atoms with Gasteiger partial charge < -0.3 is 21.7 Å². The molecule has 0 aliphatic carbocycles. The van der Waals surface area contributed by atoms with Crippen molar-refractivity contribution < 1.29 is 10.2 Å². The lowest BCUT2D eigenvalue weighted by Crippen LogP contribution is -1.96. The molecule has 0 unspecified atom stereocenters. The third-order valence-electron chi connectivity index (χ3n) is 1.63. The zero-order chi connectivity index (χ0) is 8.59. The summed E-state index contributed by atoms with van der Waals surface area (Å²) in [5.41, 5.74) is 11.7. The van der Waals surface area contributed by atoms with Gasteiger partial charge in [0.1, 0.15) is 11.5 Å². The Morgan fingerprint density at radius 2 is 1.45 bits per heavy atom. The molecule has 0 saturated heterocycles. The molecular weight excluding hydrogens is 144 g/mol. The third kappa shape index (κ3) is 1.02. The van der Waals surface area contributed by atoms with Gasteiger partial charge in [0.15, 0.2) is 0 Å². The first-order valence-corrected chi connectivity index (χ1v) is 3.10. The van der Waals surface area contributed by atoms with E-state index in [0.29, 0.717) is 5.56 Å². The predicted octanol–water partition coefficient (Wildman–Crippen LogP) is 0.571. The number of phenolic OH excluding ortho intramolecular Hbond substituents is 2. The second-order valence-corrected chi connectivity index (χ2v) is 2.37. The summed E-state index contributed by atoms with van der Waals surface area (Å²) in [5.74, 6) is -0.289. The van der Waals surface area contributed by atoms with Crippen molar-refractivity contribution in [1.29, 1.82) is 0 Å². The van der Waals surface area contributed by atoms with E-state index in [4.69, 9.17) is 21.7 Å². The van der Waals surface area contributed by atoms with Crippen molar-refractivity contribution in [3.8, 4) is 11.5 Å². The summed E-state index contributed by atoms with van der Waals surface area (Å²) in [7, 11) is 0. The summed E-state index contributed by atoms with van der Waals surface area (Å²) in [4.78, 5) is 0. The molecule has 4 nitrogen and oxygen atoms in total. The van der Waals surface area contributed by atoms with Gasteiger partial charge in [0.2, 0.25) is 0 Å². The van der Waals surface area contributed by atoms with Gasteiger partial charge in [-0.3, -0.25) is 0 Å². The van der Waals surface area contributed by atoms with Gasteiger partial charge in [-0.25, -0.2) is 0 Å². The topological polar surface area (TPSA) is 92.5 Å². The molecule has 0 aliphatic heterocycles. The van der Waals surface area contributed by atoms with E-state index in [1.54, 1.807) is 6.92 Å². The lowest BCUT2D eigenvalue weighted by atomic mass is 10.1. The monoisotopic (exact) mass is 154 g/mol. The molecule has 0 fully saturated rings. The van der Waals surface area contributed by atoms with Crippen LogP contribution >= 0.6 is 0 Å². The SMILES string of the molecule is Cc1c(N)c(O)cc(O)c1N. The van der Waals surface area contributed by atoms with E-state index in [-0.39, 0.29) is 22.9 Å². The van der Waals surface area contributed by atoms with Gasteiger partial charge in [-0.1, -0.05) is 0 Å². The minimum Gasteiger partial charge on any atom is -0.506 e. The first-order chi connectivity index (χ1) is 5.04. The van der Waals surface area contributed by atoms with Crippen molar-refractivity contribution in [2.45, 2.75) is 6.92 Å². The predicted molar refractivity (Wildman–Crippen MR) is 43.3 cm³/mol. The fraction of sp³-hybridized carbons (Fsp3) is 0.143. The number of hydrogen-bond acceptors (Lipinski definition) is 4. The zero-order valence-electron chi connectivity index (χ0n) is 6.13. The van der Waals surface area contributed by atoms with Gasteiger partial charge in [-0.2, -0.15) is 0 Å². The minimum atomic E-state index is -0.144. The van der Waals surface area contributed by atoms with Crippen molar-refractivity contribution >= 4 is 11.4 Å². The smallest absolute Gasteiger partial charge is 0.142 e. The van der Waals surface area contributed by atoms with Crippen molar-refractivity contribution in [1.82, 2.24) is 0 Å². The Morgan fingerprint density at radius 1 is 1.09 bits per heavy atom. The van der Waals surface area contributed by atoms with E-state index in [0.717, 1.165) is 6.07 Å². The Labute approximate surface area is 64.1 Å².